The van der Waals surface area contributed by atoms with Crippen LogP contribution in [0.4, 0.5) is 0 Å². The smallest absolute Gasteiger partial charge is 0.0915 e. The van der Waals surface area contributed by atoms with Crippen molar-refractivity contribution in [1.29, 1.82) is 0 Å². The van der Waals surface area contributed by atoms with Crippen LogP contribution in [0.1, 0.15) is 35.3 Å². The van der Waals surface area contributed by atoms with Crippen LogP contribution in [0.5, 0.6) is 0 Å². The van der Waals surface area contributed by atoms with Gasteiger partial charge in [0.05, 0.1) is 16.1 Å². The topological polar surface area (TPSA) is 45.1 Å². The van der Waals surface area contributed by atoms with E-state index in [1.807, 2.05) is 24.3 Å². The highest BCUT2D eigenvalue weighted by molar-refractivity contribution is 6.42. The van der Waals surface area contributed by atoms with Crippen molar-refractivity contribution in [3.8, 4) is 0 Å². The molecule has 0 radical (unpaired) electrons. The zero-order valence-electron chi connectivity index (χ0n) is 11.4. The minimum atomic E-state index is -0.542. The molecule has 2 atom stereocenters. The van der Waals surface area contributed by atoms with Crippen molar-refractivity contribution in [2.24, 2.45) is 0 Å². The quantitative estimate of drug-likeness (QED) is 0.902. The number of benzene rings is 1. The van der Waals surface area contributed by atoms with Crippen molar-refractivity contribution in [2.75, 3.05) is 6.54 Å². The summed E-state index contributed by atoms with van der Waals surface area (Å²) in [5.74, 6) is 0. The molecule has 2 unspecified atom stereocenters. The maximum absolute atomic E-state index is 10.2. The molecule has 110 valence electrons. The molecule has 0 spiro atoms. The molecule has 21 heavy (non-hydrogen) atoms. The lowest BCUT2D eigenvalue weighted by molar-refractivity contribution is 0.169. The number of halogens is 2. The van der Waals surface area contributed by atoms with Crippen LogP contribution in [0.25, 0.3) is 0 Å². The number of aliphatic hydroxyl groups excluding tert-OH is 1. The van der Waals surface area contributed by atoms with Crippen LogP contribution < -0.4 is 5.32 Å². The first-order valence-corrected chi connectivity index (χ1v) is 7.70. The van der Waals surface area contributed by atoms with E-state index in [0.29, 0.717) is 16.6 Å². The molecule has 1 aromatic carbocycles. The van der Waals surface area contributed by atoms with Crippen LogP contribution in [-0.4, -0.2) is 16.6 Å². The molecule has 0 fully saturated rings. The summed E-state index contributed by atoms with van der Waals surface area (Å²) in [5.41, 5.74) is 3.18. The van der Waals surface area contributed by atoms with Crippen molar-refractivity contribution >= 4 is 23.2 Å². The summed E-state index contributed by atoms with van der Waals surface area (Å²) in [7, 11) is 0. The molecule has 5 heteroatoms. The Hall–Kier alpha value is -1.13. The van der Waals surface area contributed by atoms with Gasteiger partial charge in [0.2, 0.25) is 0 Å². The molecule has 0 bridgehead atoms. The molecule has 0 amide bonds. The Morgan fingerprint density at radius 1 is 1.24 bits per heavy atom. The normalized spacial score (nSPS) is 18.5. The average molecular weight is 323 g/mol. The van der Waals surface area contributed by atoms with Gasteiger partial charge in [0.15, 0.2) is 0 Å². The maximum atomic E-state index is 10.2. The fourth-order valence-electron chi connectivity index (χ4n) is 2.80. The van der Waals surface area contributed by atoms with Gasteiger partial charge in [-0.15, -0.1) is 0 Å². The highest BCUT2D eigenvalue weighted by Gasteiger charge is 2.25. The summed E-state index contributed by atoms with van der Waals surface area (Å²) in [4.78, 5) is 3.95. The molecule has 3 rings (SSSR count). The maximum Gasteiger partial charge on any atom is 0.0915 e. The summed E-state index contributed by atoms with van der Waals surface area (Å²) >= 11 is 12.3. The minimum Gasteiger partial charge on any atom is -0.387 e. The number of nitrogens with zero attached hydrogens (tertiary/aromatic N) is 1. The van der Waals surface area contributed by atoms with Gasteiger partial charge in [0.25, 0.3) is 0 Å². The number of hydrogen-bond acceptors (Lipinski definition) is 3. The number of rotatable bonds is 4. The minimum absolute atomic E-state index is 0.214. The van der Waals surface area contributed by atoms with Crippen molar-refractivity contribution < 1.29 is 5.11 Å². The van der Waals surface area contributed by atoms with Gasteiger partial charge >= 0.3 is 0 Å². The van der Waals surface area contributed by atoms with Crippen LogP contribution in [0.3, 0.4) is 0 Å². The summed E-state index contributed by atoms with van der Waals surface area (Å²) in [6.45, 7) is 0.494. The third kappa shape index (κ3) is 3.06. The fourth-order valence-corrected chi connectivity index (χ4v) is 3.25. The van der Waals surface area contributed by atoms with Gasteiger partial charge in [0.1, 0.15) is 0 Å². The first-order valence-electron chi connectivity index (χ1n) is 6.95. The summed E-state index contributed by atoms with van der Waals surface area (Å²) in [5, 5.41) is 14.9. The van der Waals surface area contributed by atoms with Gasteiger partial charge in [-0.3, -0.25) is 4.98 Å². The zero-order valence-corrected chi connectivity index (χ0v) is 12.9. The molecule has 1 aliphatic carbocycles. The standard InChI is InChI=1S/C16H16Cl2N2O/c17-13-3-1-11-12(16(13)18)2-4-14(11)20-9-15(21)10-5-7-19-8-6-10/h1,3,5-8,14-15,20-21H,2,4,9H2. The Kier molecular flexibility index (Phi) is 4.45. The van der Waals surface area contributed by atoms with Gasteiger partial charge in [-0.25, -0.2) is 0 Å². The van der Waals surface area contributed by atoms with Crippen LogP contribution in [0, 0.1) is 0 Å². The SMILES string of the molecule is OC(CNC1CCc2c1ccc(Cl)c2Cl)c1ccncc1. The lowest BCUT2D eigenvalue weighted by atomic mass is 10.1. The van der Waals surface area contributed by atoms with Crippen molar-refractivity contribution in [3.63, 3.8) is 0 Å². The molecule has 0 aliphatic heterocycles. The van der Waals surface area contributed by atoms with Crippen molar-refractivity contribution in [1.82, 2.24) is 10.3 Å². The van der Waals surface area contributed by atoms with Gasteiger partial charge in [-0.1, -0.05) is 29.3 Å². The van der Waals surface area contributed by atoms with Gasteiger partial charge < -0.3 is 10.4 Å². The molecule has 1 heterocycles. The average Bonchev–Trinajstić information content (AvgIpc) is 2.93. The first-order chi connectivity index (χ1) is 10.2. The largest absolute Gasteiger partial charge is 0.387 e. The monoisotopic (exact) mass is 322 g/mol. The number of nitrogens with one attached hydrogen (secondary N) is 1. The van der Waals surface area contributed by atoms with Crippen molar-refractivity contribution in [2.45, 2.75) is 25.0 Å². The molecule has 0 saturated carbocycles. The number of aromatic nitrogens is 1. The number of hydrogen-bond donors (Lipinski definition) is 2. The number of fused-ring (bicyclic) bond motifs is 1. The number of pyridine rings is 1. The van der Waals surface area contributed by atoms with Gasteiger partial charge in [-0.2, -0.15) is 0 Å². The van der Waals surface area contributed by atoms with Crippen LogP contribution in [0.15, 0.2) is 36.7 Å². The Morgan fingerprint density at radius 2 is 2.00 bits per heavy atom. The Morgan fingerprint density at radius 3 is 2.76 bits per heavy atom. The molecular formula is C16H16Cl2N2O. The Bertz CT molecular complexity index is 634. The van der Waals surface area contributed by atoms with E-state index in [4.69, 9.17) is 23.2 Å². The van der Waals surface area contributed by atoms with Crippen LogP contribution >= 0.6 is 23.2 Å². The van der Waals surface area contributed by atoms with E-state index in [0.717, 1.165) is 24.0 Å². The zero-order chi connectivity index (χ0) is 14.8. The van der Waals surface area contributed by atoms with E-state index in [2.05, 4.69) is 10.3 Å². The molecular weight excluding hydrogens is 307 g/mol. The summed E-state index contributed by atoms with van der Waals surface area (Å²) < 4.78 is 0. The highest BCUT2D eigenvalue weighted by Crippen LogP contribution is 2.39. The molecule has 1 aromatic heterocycles. The van der Waals surface area contributed by atoms with E-state index < -0.39 is 6.10 Å². The molecule has 0 saturated heterocycles. The third-order valence-corrected chi connectivity index (χ3v) is 4.78. The van der Waals surface area contributed by atoms with Gasteiger partial charge in [-0.05, 0) is 47.7 Å². The molecule has 2 N–H and O–H groups in total. The summed E-state index contributed by atoms with van der Waals surface area (Å²) in [6, 6.07) is 7.72. The molecule has 2 aromatic rings. The lowest BCUT2D eigenvalue weighted by Crippen LogP contribution is -2.25. The van der Waals surface area contributed by atoms with Crippen LogP contribution in [-0.2, 0) is 6.42 Å². The van der Waals surface area contributed by atoms with E-state index in [9.17, 15) is 5.11 Å². The molecule has 3 nitrogen and oxygen atoms in total. The second kappa shape index (κ2) is 6.32. The predicted octanol–water partition coefficient (Wildman–Crippen LogP) is 3.70. The third-order valence-electron chi connectivity index (χ3n) is 3.94. The summed E-state index contributed by atoms with van der Waals surface area (Å²) in [6.07, 6.45) is 4.71. The highest BCUT2D eigenvalue weighted by atomic mass is 35.5. The fraction of sp³-hybridized carbons (Fsp3) is 0.312. The van der Waals surface area contributed by atoms with E-state index in [1.54, 1.807) is 12.4 Å². The second-order valence-corrected chi connectivity index (χ2v) is 6.01. The number of aliphatic hydroxyl groups is 1. The second-order valence-electron chi connectivity index (χ2n) is 5.23. The van der Waals surface area contributed by atoms with E-state index >= 15 is 0 Å². The van der Waals surface area contributed by atoms with E-state index in [1.165, 1.54) is 5.56 Å². The molecule has 1 aliphatic rings. The Labute approximate surface area is 133 Å². The van der Waals surface area contributed by atoms with Gasteiger partial charge in [0, 0.05) is 25.0 Å². The van der Waals surface area contributed by atoms with E-state index in [-0.39, 0.29) is 6.04 Å². The van der Waals surface area contributed by atoms with Crippen LogP contribution in [0.2, 0.25) is 10.0 Å². The first kappa shape index (κ1) is 14.8. The lowest BCUT2D eigenvalue weighted by Gasteiger charge is -2.18. The van der Waals surface area contributed by atoms with Crippen molar-refractivity contribution in [3.05, 3.63) is 63.4 Å². The Balaban J connectivity index is 1.68. The predicted molar refractivity (Wildman–Crippen MR) is 84.7 cm³/mol.